The van der Waals surface area contributed by atoms with Gasteiger partial charge in [-0.2, -0.15) is 0 Å². The second-order valence-electron chi connectivity index (χ2n) is 6.13. The molecule has 3 rings (SSSR count). The zero-order valence-corrected chi connectivity index (χ0v) is 13.1. The summed E-state index contributed by atoms with van der Waals surface area (Å²) in [4.78, 5) is 20.1. The number of thiazole rings is 1. The van der Waals surface area contributed by atoms with Crippen LogP contribution in [-0.2, 0) is 11.2 Å². The van der Waals surface area contributed by atoms with Gasteiger partial charge in [-0.25, -0.2) is 4.98 Å². The fourth-order valence-electron chi connectivity index (χ4n) is 3.31. The van der Waals surface area contributed by atoms with E-state index in [4.69, 9.17) is 5.11 Å². The number of carboxylic acids is 1. The third-order valence-electron chi connectivity index (χ3n) is 4.47. The smallest absolute Gasteiger partial charge is 0.309 e. The first-order chi connectivity index (χ1) is 10.2. The van der Waals surface area contributed by atoms with Gasteiger partial charge in [0.2, 0.25) is 0 Å². The van der Waals surface area contributed by atoms with Crippen LogP contribution >= 0.6 is 11.3 Å². The molecule has 0 saturated carbocycles. The van der Waals surface area contributed by atoms with Crippen LogP contribution in [0.15, 0.2) is 5.38 Å². The van der Waals surface area contributed by atoms with E-state index in [0.29, 0.717) is 5.69 Å². The monoisotopic (exact) mass is 309 g/mol. The Bertz CT molecular complexity index is 477. The van der Waals surface area contributed by atoms with Gasteiger partial charge in [-0.1, -0.05) is 0 Å². The predicted octanol–water partition coefficient (Wildman–Crippen LogP) is 2.08. The lowest BCUT2D eigenvalue weighted by molar-refractivity contribution is -0.136. The van der Waals surface area contributed by atoms with Crippen LogP contribution in [0.3, 0.4) is 0 Å². The largest absolute Gasteiger partial charge is 0.481 e. The minimum Gasteiger partial charge on any atom is -0.481 e. The van der Waals surface area contributed by atoms with Gasteiger partial charge in [0.25, 0.3) is 0 Å². The first-order valence-corrected chi connectivity index (χ1v) is 8.72. The highest BCUT2D eigenvalue weighted by Gasteiger charge is 2.24. The molecule has 2 aliphatic rings. The lowest BCUT2D eigenvalue weighted by Crippen LogP contribution is -2.38. The molecule has 0 amide bonds. The molecule has 0 atom stereocenters. The van der Waals surface area contributed by atoms with Crippen molar-refractivity contribution in [1.29, 1.82) is 0 Å². The highest BCUT2D eigenvalue weighted by molar-refractivity contribution is 7.13. The van der Waals surface area contributed by atoms with Crippen LogP contribution < -0.4 is 4.90 Å². The molecule has 0 aliphatic carbocycles. The van der Waals surface area contributed by atoms with Gasteiger partial charge in [-0.3, -0.25) is 4.79 Å². The van der Waals surface area contributed by atoms with Crippen molar-refractivity contribution in [2.45, 2.75) is 32.1 Å². The Kier molecular flexibility index (Phi) is 4.75. The quantitative estimate of drug-likeness (QED) is 0.902. The summed E-state index contributed by atoms with van der Waals surface area (Å²) in [5.74, 6) is 0.00831. The number of likely N-dealkylation sites (tertiary alicyclic amines) is 1. The molecule has 1 N–H and O–H groups in total. The van der Waals surface area contributed by atoms with Gasteiger partial charge in [0.1, 0.15) is 0 Å². The van der Waals surface area contributed by atoms with Crippen LogP contribution in [-0.4, -0.2) is 53.7 Å². The lowest BCUT2D eigenvalue weighted by atomic mass is 9.96. The standard InChI is InChI=1S/C15H23N3O2S/c19-14(20)9-13-11-21-15(16-13)18-7-3-12(4-8-18)10-17-5-1-2-6-17/h11-12H,1-10H2,(H,19,20). The number of anilines is 1. The molecule has 6 heteroatoms. The number of carboxylic acid groups (broad SMARTS) is 1. The van der Waals surface area contributed by atoms with Crippen molar-refractivity contribution in [1.82, 2.24) is 9.88 Å². The van der Waals surface area contributed by atoms with E-state index in [9.17, 15) is 4.79 Å². The minimum absolute atomic E-state index is 0.0297. The molecule has 0 unspecified atom stereocenters. The summed E-state index contributed by atoms with van der Waals surface area (Å²) >= 11 is 1.57. The topological polar surface area (TPSA) is 56.7 Å². The van der Waals surface area contributed by atoms with E-state index in [1.165, 1.54) is 45.3 Å². The van der Waals surface area contributed by atoms with E-state index in [2.05, 4.69) is 14.8 Å². The molecule has 3 heterocycles. The fourth-order valence-corrected chi connectivity index (χ4v) is 4.19. The van der Waals surface area contributed by atoms with E-state index < -0.39 is 5.97 Å². The maximum absolute atomic E-state index is 10.7. The second kappa shape index (κ2) is 6.75. The third-order valence-corrected chi connectivity index (χ3v) is 5.42. The Labute approximate surface area is 129 Å². The van der Waals surface area contributed by atoms with Crippen molar-refractivity contribution in [3.8, 4) is 0 Å². The first kappa shape index (κ1) is 14.8. The van der Waals surface area contributed by atoms with Crippen LogP contribution in [0.4, 0.5) is 5.13 Å². The summed E-state index contributed by atoms with van der Waals surface area (Å²) in [6.45, 7) is 5.93. The molecule has 2 aliphatic heterocycles. The molecule has 2 fully saturated rings. The summed E-state index contributed by atoms with van der Waals surface area (Å²) in [6.07, 6.45) is 5.21. The second-order valence-corrected chi connectivity index (χ2v) is 6.97. The molecule has 2 saturated heterocycles. The van der Waals surface area contributed by atoms with E-state index in [0.717, 1.165) is 24.1 Å². The van der Waals surface area contributed by atoms with Crippen molar-refractivity contribution >= 4 is 22.4 Å². The molecule has 116 valence electrons. The fraction of sp³-hybridized carbons (Fsp3) is 0.733. The number of aromatic nitrogens is 1. The highest BCUT2D eigenvalue weighted by Crippen LogP contribution is 2.27. The van der Waals surface area contributed by atoms with Crippen LogP contribution in [0.2, 0.25) is 0 Å². The molecule has 0 spiro atoms. The molecule has 0 radical (unpaired) electrons. The molecule has 21 heavy (non-hydrogen) atoms. The summed E-state index contributed by atoms with van der Waals surface area (Å²) in [5, 5.41) is 11.7. The number of carbonyl (C=O) groups is 1. The number of piperidine rings is 1. The van der Waals surface area contributed by atoms with Crippen molar-refractivity contribution in [2.75, 3.05) is 37.6 Å². The van der Waals surface area contributed by atoms with E-state index in [-0.39, 0.29) is 6.42 Å². The van der Waals surface area contributed by atoms with Gasteiger partial charge in [0, 0.05) is 25.0 Å². The summed E-state index contributed by atoms with van der Waals surface area (Å²) in [7, 11) is 0. The zero-order chi connectivity index (χ0) is 14.7. The summed E-state index contributed by atoms with van der Waals surface area (Å²) < 4.78 is 0. The maximum Gasteiger partial charge on any atom is 0.309 e. The van der Waals surface area contributed by atoms with Crippen molar-refractivity contribution < 1.29 is 9.90 Å². The molecular weight excluding hydrogens is 286 g/mol. The highest BCUT2D eigenvalue weighted by atomic mass is 32.1. The van der Waals surface area contributed by atoms with E-state index >= 15 is 0 Å². The van der Waals surface area contributed by atoms with Gasteiger partial charge in [-0.05, 0) is 44.7 Å². The SMILES string of the molecule is O=C(O)Cc1csc(N2CCC(CN3CCCC3)CC2)n1. The van der Waals surface area contributed by atoms with Crippen LogP contribution in [0, 0.1) is 5.92 Å². The summed E-state index contributed by atoms with van der Waals surface area (Å²) in [6, 6.07) is 0. The molecule has 1 aromatic rings. The van der Waals surface area contributed by atoms with Crippen molar-refractivity contribution in [3.05, 3.63) is 11.1 Å². The van der Waals surface area contributed by atoms with E-state index in [1.807, 2.05) is 5.38 Å². The van der Waals surface area contributed by atoms with Crippen molar-refractivity contribution in [2.24, 2.45) is 5.92 Å². The number of aliphatic carboxylic acids is 1. The van der Waals surface area contributed by atoms with Gasteiger partial charge in [-0.15, -0.1) is 11.3 Å². The van der Waals surface area contributed by atoms with Gasteiger partial charge in [0.05, 0.1) is 12.1 Å². The average molecular weight is 309 g/mol. The summed E-state index contributed by atoms with van der Waals surface area (Å²) in [5.41, 5.74) is 0.682. The molecule has 0 aromatic carbocycles. The molecular formula is C15H23N3O2S. The lowest BCUT2D eigenvalue weighted by Gasteiger charge is -2.33. The Morgan fingerprint density at radius 3 is 2.67 bits per heavy atom. The molecule has 0 bridgehead atoms. The first-order valence-electron chi connectivity index (χ1n) is 7.84. The Morgan fingerprint density at radius 1 is 1.29 bits per heavy atom. The zero-order valence-electron chi connectivity index (χ0n) is 12.3. The minimum atomic E-state index is -0.809. The number of hydrogen-bond donors (Lipinski definition) is 1. The number of nitrogens with zero attached hydrogens (tertiary/aromatic N) is 3. The molecule has 1 aromatic heterocycles. The average Bonchev–Trinajstić information content (AvgIpc) is 3.11. The van der Waals surface area contributed by atoms with Crippen LogP contribution in [0.25, 0.3) is 0 Å². The van der Waals surface area contributed by atoms with Gasteiger partial charge < -0.3 is 14.9 Å². The molecule has 5 nitrogen and oxygen atoms in total. The Hall–Kier alpha value is -1.14. The van der Waals surface area contributed by atoms with Crippen molar-refractivity contribution in [3.63, 3.8) is 0 Å². The normalized spacial score (nSPS) is 21.0. The number of hydrogen-bond acceptors (Lipinski definition) is 5. The Balaban J connectivity index is 1.48. The van der Waals surface area contributed by atoms with Gasteiger partial charge >= 0.3 is 5.97 Å². The van der Waals surface area contributed by atoms with Crippen LogP contribution in [0.5, 0.6) is 0 Å². The third kappa shape index (κ3) is 3.95. The van der Waals surface area contributed by atoms with Crippen LogP contribution in [0.1, 0.15) is 31.4 Å². The van der Waals surface area contributed by atoms with E-state index in [1.54, 1.807) is 11.3 Å². The number of rotatable bonds is 5. The Morgan fingerprint density at radius 2 is 2.00 bits per heavy atom. The maximum atomic E-state index is 10.7. The predicted molar refractivity (Wildman–Crippen MR) is 84.1 cm³/mol. The van der Waals surface area contributed by atoms with Gasteiger partial charge in [0.15, 0.2) is 5.13 Å².